The first-order chi connectivity index (χ1) is 9.93. The first-order valence-electron chi connectivity index (χ1n) is 7.53. The maximum absolute atomic E-state index is 10.8. The molecule has 3 nitrogen and oxygen atoms in total. The first kappa shape index (κ1) is 16.2. The number of anilines is 1. The predicted octanol–water partition coefficient (Wildman–Crippen LogP) is 4.02. The zero-order valence-corrected chi connectivity index (χ0v) is 14.4. The molecule has 0 spiro atoms. The predicted molar refractivity (Wildman–Crippen MR) is 90.7 cm³/mol. The van der Waals surface area contributed by atoms with Crippen LogP contribution >= 0.6 is 11.8 Å². The molecule has 1 aliphatic rings. The molecule has 0 aromatic heterocycles. The monoisotopic (exact) mass is 307 g/mol. The molecular formula is C17H25NO2S. The van der Waals surface area contributed by atoms with Gasteiger partial charge in [-0.05, 0) is 56.6 Å². The molecule has 1 aromatic rings. The van der Waals surface area contributed by atoms with Gasteiger partial charge in [-0.15, -0.1) is 0 Å². The fraction of sp³-hybridized carbons (Fsp3) is 0.588. The van der Waals surface area contributed by atoms with Gasteiger partial charge in [0.15, 0.2) is 0 Å². The van der Waals surface area contributed by atoms with Crippen LogP contribution in [0.15, 0.2) is 0 Å². The summed E-state index contributed by atoms with van der Waals surface area (Å²) in [6.07, 6.45) is 2.87. The summed E-state index contributed by atoms with van der Waals surface area (Å²) in [6, 6.07) is 0. The van der Waals surface area contributed by atoms with Crippen LogP contribution in [-0.4, -0.2) is 23.5 Å². The van der Waals surface area contributed by atoms with Crippen LogP contribution in [0.5, 0.6) is 5.75 Å². The number of amides is 1. The van der Waals surface area contributed by atoms with Crippen LogP contribution in [-0.2, 0) is 11.2 Å². The largest absolute Gasteiger partial charge is 0.486 e. The Labute approximate surface area is 131 Å². The van der Waals surface area contributed by atoms with Gasteiger partial charge in [0.1, 0.15) is 11.4 Å². The van der Waals surface area contributed by atoms with Gasteiger partial charge >= 0.3 is 0 Å². The minimum Gasteiger partial charge on any atom is -0.486 e. The van der Waals surface area contributed by atoms with Gasteiger partial charge in [0.25, 0.3) is 0 Å². The van der Waals surface area contributed by atoms with Gasteiger partial charge < -0.3 is 10.1 Å². The molecule has 0 aliphatic carbocycles. The molecule has 0 radical (unpaired) electrons. The lowest BCUT2D eigenvalue weighted by Crippen LogP contribution is -2.33. The first-order valence-corrected chi connectivity index (χ1v) is 8.68. The maximum atomic E-state index is 10.8. The van der Waals surface area contributed by atoms with E-state index in [1.54, 1.807) is 0 Å². The summed E-state index contributed by atoms with van der Waals surface area (Å²) in [5, 5.41) is 2.85. The van der Waals surface area contributed by atoms with Crippen molar-refractivity contribution in [2.75, 3.05) is 16.8 Å². The van der Waals surface area contributed by atoms with Gasteiger partial charge in [-0.3, -0.25) is 4.79 Å². The van der Waals surface area contributed by atoms with Crippen LogP contribution in [0.2, 0.25) is 0 Å². The average molecular weight is 307 g/mol. The second-order valence-corrected chi connectivity index (χ2v) is 7.21. The highest BCUT2D eigenvalue weighted by molar-refractivity contribution is 7.99. The van der Waals surface area contributed by atoms with E-state index >= 15 is 0 Å². The van der Waals surface area contributed by atoms with Crippen molar-refractivity contribution in [3.05, 3.63) is 22.3 Å². The number of fused-ring (bicyclic) bond motifs is 1. The van der Waals surface area contributed by atoms with E-state index in [0.717, 1.165) is 46.7 Å². The summed E-state index contributed by atoms with van der Waals surface area (Å²) in [4.78, 5) is 10.8. The van der Waals surface area contributed by atoms with Crippen molar-refractivity contribution in [1.82, 2.24) is 0 Å². The number of carbonyl (C=O) groups is 1. The van der Waals surface area contributed by atoms with E-state index in [1.165, 1.54) is 17.7 Å². The highest BCUT2D eigenvalue weighted by Crippen LogP contribution is 2.45. The minimum absolute atomic E-state index is 0.135. The second-order valence-electron chi connectivity index (χ2n) is 6.10. The molecule has 116 valence electrons. The van der Waals surface area contributed by atoms with Crippen molar-refractivity contribution in [1.29, 1.82) is 0 Å². The highest BCUT2D eigenvalue weighted by atomic mass is 32.2. The Kier molecular flexibility index (Phi) is 4.87. The van der Waals surface area contributed by atoms with Crippen LogP contribution in [0.1, 0.15) is 42.5 Å². The van der Waals surface area contributed by atoms with Crippen LogP contribution in [0.4, 0.5) is 5.69 Å². The number of nitrogens with one attached hydrogen (secondary N) is 1. The van der Waals surface area contributed by atoms with E-state index in [-0.39, 0.29) is 5.60 Å². The Morgan fingerprint density at radius 3 is 2.62 bits per heavy atom. The summed E-state index contributed by atoms with van der Waals surface area (Å²) in [5.74, 6) is 3.20. The quantitative estimate of drug-likeness (QED) is 0.637. The Bertz CT molecular complexity index is 556. The smallest absolute Gasteiger partial charge is 0.211 e. The van der Waals surface area contributed by atoms with E-state index in [4.69, 9.17) is 4.74 Å². The van der Waals surface area contributed by atoms with E-state index in [0.29, 0.717) is 0 Å². The van der Waals surface area contributed by atoms with Gasteiger partial charge in [0, 0.05) is 23.4 Å². The topological polar surface area (TPSA) is 38.3 Å². The van der Waals surface area contributed by atoms with Crippen molar-refractivity contribution >= 4 is 23.9 Å². The summed E-state index contributed by atoms with van der Waals surface area (Å²) < 4.78 is 6.33. The Morgan fingerprint density at radius 1 is 1.29 bits per heavy atom. The van der Waals surface area contributed by atoms with Crippen molar-refractivity contribution in [3.63, 3.8) is 0 Å². The summed E-state index contributed by atoms with van der Waals surface area (Å²) in [7, 11) is 0. The average Bonchev–Trinajstić information content (AvgIpc) is 2.80. The summed E-state index contributed by atoms with van der Waals surface area (Å²) in [6.45, 7) is 10.6. The molecule has 0 bridgehead atoms. The van der Waals surface area contributed by atoms with Crippen molar-refractivity contribution < 1.29 is 9.53 Å². The number of ether oxygens (including phenoxy) is 1. The van der Waals surface area contributed by atoms with Gasteiger partial charge in [0.2, 0.25) is 6.41 Å². The van der Waals surface area contributed by atoms with E-state index in [9.17, 15) is 4.79 Å². The third-order valence-electron chi connectivity index (χ3n) is 4.24. The molecule has 21 heavy (non-hydrogen) atoms. The molecule has 0 fully saturated rings. The molecular weight excluding hydrogens is 282 g/mol. The number of carbonyl (C=O) groups excluding carboxylic acids is 1. The Morgan fingerprint density at radius 2 is 2.00 bits per heavy atom. The van der Waals surface area contributed by atoms with Gasteiger partial charge in [-0.2, -0.15) is 11.8 Å². The summed E-state index contributed by atoms with van der Waals surface area (Å²) in [5.41, 5.74) is 5.44. The molecule has 1 heterocycles. The maximum Gasteiger partial charge on any atom is 0.211 e. The normalized spacial score (nSPS) is 20.0. The van der Waals surface area contributed by atoms with Crippen LogP contribution in [0, 0.1) is 20.8 Å². The number of benzene rings is 1. The number of hydrogen-bond acceptors (Lipinski definition) is 3. The van der Waals surface area contributed by atoms with Crippen molar-refractivity contribution in [2.45, 2.75) is 53.1 Å². The summed E-state index contributed by atoms with van der Waals surface area (Å²) >= 11 is 1.95. The SMILES string of the molecule is CCCSCC1(C)Cc2c(C)c(NC=O)c(C)c(C)c2O1. The highest BCUT2D eigenvalue weighted by Gasteiger charge is 2.37. The molecule has 1 amide bonds. The Balaban J connectivity index is 2.34. The van der Waals surface area contributed by atoms with Crippen LogP contribution < -0.4 is 10.1 Å². The van der Waals surface area contributed by atoms with Crippen LogP contribution in [0.3, 0.4) is 0 Å². The van der Waals surface area contributed by atoms with E-state index < -0.39 is 0 Å². The molecule has 2 rings (SSSR count). The lowest BCUT2D eigenvalue weighted by Gasteiger charge is -2.24. The van der Waals surface area contributed by atoms with Gasteiger partial charge in [-0.1, -0.05) is 6.92 Å². The van der Waals surface area contributed by atoms with Gasteiger partial charge in [0.05, 0.1) is 0 Å². The number of rotatable bonds is 6. The molecule has 1 aliphatic heterocycles. The zero-order valence-electron chi connectivity index (χ0n) is 13.6. The number of hydrogen-bond donors (Lipinski definition) is 1. The molecule has 0 saturated heterocycles. The fourth-order valence-electron chi connectivity index (χ4n) is 2.98. The molecule has 1 aromatic carbocycles. The standard InChI is InChI=1S/C17H25NO2S/c1-6-7-21-9-17(5)8-14-13(4)15(18-10-19)11(2)12(3)16(14)20-17/h10H,6-9H2,1-5H3,(H,18,19). The van der Waals surface area contributed by atoms with Crippen LogP contribution in [0.25, 0.3) is 0 Å². The third-order valence-corrected chi connectivity index (χ3v) is 5.75. The molecule has 1 atom stereocenters. The fourth-order valence-corrected chi connectivity index (χ4v) is 4.01. The van der Waals surface area contributed by atoms with Gasteiger partial charge in [-0.25, -0.2) is 0 Å². The lowest BCUT2D eigenvalue weighted by atomic mass is 9.92. The van der Waals surface area contributed by atoms with Crippen molar-refractivity contribution in [3.8, 4) is 5.75 Å². The van der Waals surface area contributed by atoms with E-state index in [1.807, 2.05) is 18.7 Å². The molecule has 1 N–H and O–H groups in total. The van der Waals surface area contributed by atoms with Crippen molar-refractivity contribution in [2.24, 2.45) is 0 Å². The molecule has 0 saturated carbocycles. The Hall–Kier alpha value is -1.16. The molecule has 1 unspecified atom stereocenters. The zero-order chi connectivity index (χ0) is 15.6. The minimum atomic E-state index is -0.135. The number of thioether (sulfide) groups is 1. The lowest BCUT2D eigenvalue weighted by molar-refractivity contribution is -0.105. The second kappa shape index (κ2) is 6.30. The molecule has 4 heteroatoms. The third kappa shape index (κ3) is 3.05. The van der Waals surface area contributed by atoms with E-state index in [2.05, 4.69) is 33.0 Å².